The van der Waals surface area contributed by atoms with E-state index in [1.807, 2.05) is 35.7 Å². The summed E-state index contributed by atoms with van der Waals surface area (Å²) in [6.07, 6.45) is 0. The average molecular weight is 405 g/mol. The maximum absolute atomic E-state index is 3.40. The van der Waals surface area contributed by atoms with Gasteiger partial charge in [0.1, 0.15) is 0 Å². The third-order valence-electron chi connectivity index (χ3n) is 3.65. The van der Waals surface area contributed by atoms with Crippen molar-refractivity contribution >= 4 is 46.4 Å². The van der Waals surface area contributed by atoms with E-state index < -0.39 is 0 Å². The van der Waals surface area contributed by atoms with Crippen LogP contribution in [0.4, 0.5) is 0 Å². The van der Waals surface area contributed by atoms with Gasteiger partial charge in [0.15, 0.2) is 0 Å². The Morgan fingerprint density at radius 3 is 1.29 bits per heavy atom. The highest BCUT2D eigenvalue weighted by Gasteiger charge is 2.11. The van der Waals surface area contributed by atoms with Gasteiger partial charge in [0.05, 0.1) is 0 Å². The molecule has 2 N–H and O–H groups in total. The van der Waals surface area contributed by atoms with E-state index in [4.69, 9.17) is 0 Å². The molecule has 0 amide bonds. The van der Waals surface area contributed by atoms with E-state index in [0.29, 0.717) is 12.1 Å². The lowest BCUT2D eigenvalue weighted by atomic mass is 10.1. The summed E-state index contributed by atoms with van der Waals surface area (Å²) in [5.41, 5.74) is 2.71. The standard InChI is InChI=1S/C18H24N2S2.2ClH/c1-19-17(15-9-5-3-6-10-15)13-21-22-14-18(20-2)16-11-7-4-8-12-16;;/h3-12,17-20H,13-14H2,1-2H3;2*1H/t17-,18-;;/m0../s1. The Hall–Kier alpha value is -0.360. The lowest BCUT2D eigenvalue weighted by molar-refractivity contribution is 0.661. The van der Waals surface area contributed by atoms with Crippen LogP contribution < -0.4 is 10.6 Å². The fourth-order valence-electron chi connectivity index (χ4n) is 2.30. The molecule has 0 saturated carbocycles. The van der Waals surface area contributed by atoms with Crippen LogP contribution in [0.1, 0.15) is 23.2 Å². The van der Waals surface area contributed by atoms with Gasteiger partial charge in [-0.15, -0.1) is 24.8 Å². The molecular formula is C18H26Cl2N2S2. The Bertz CT molecular complexity index is 480. The van der Waals surface area contributed by atoms with Gasteiger partial charge in [-0.25, -0.2) is 0 Å². The van der Waals surface area contributed by atoms with Crippen molar-refractivity contribution in [2.24, 2.45) is 0 Å². The van der Waals surface area contributed by atoms with E-state index in [1.165, 1.54) is 11.1 Å². The monoisotopic (exact) mass is 404 g/mol. The molecule has 0 heterocycles. The third kappa shape index (κ3) is 7.68. The van der Waals surface area contributed by atoms with Crippen molar-refractivity contribution in [2.75, 3.05) is 25.6 Å². The molecule has 0 aromatic heterocycles. The van der Waals surface area contributed by atoms with E-state index >= 15 is 0 Å². The van der Waals surface area contributed by atoms with Crippen LogP contribution in [0, 0.1) is 0 Å². The number of nitrogens with one attached hydrogen (secondary N) is 2. The van der Waals surface area contributed by atoms with Crippen LogP contribution in [0.3, 0.4) is 0 Å². The minimum atomic E-state index is 0. The largest absolute Gasteiger partial charge is 0.312 e. The molecule has 0 saturated heterocycles. The molecule has 6 heteroatoms. The minimum absolute atomic E-state index is 0. The maximum Gasteiger partial charge on any atom is 0.0417 e. The highest BCUT2D eigenvalue weighted by molar-refractivity contribution is 8.76. The van der Waals surface area contributed by atoms with Crippen LogP contribution in [0.25, 0.3) is 0 Å². The molecule has 0 spiro atoms. The van der Waals surface area contributed by atoms with Crippen LogP contribution in [0.15, 0.2) is 60.7 Å². The fraction of sp³-hybridized carbons (Fsp3) is 0.333. The summed E-state index contributed by atoms with van der Waals surface area (Å²) in [4.78, 5) is 0. The van der Waals surface area contributed by atoms with Gasteiger partial charge in [0, 0.05) is 23.6 Å². The molecule has 0 radical (unpaired) electrons. The first-order valence-corrected chi connectivity index (χ1v) is 10.0. The molecule has 24 heavy (non-hydrogen) atoms. The van der Waals surface area contributed by atoms with Crippen LogP contribution in [-0.2, 0) is 0 Å². The van der Waals surface area contributed by atoms with E-state index in [2.05, 4.69) is 71.3 Å². The first-order valence-electron chi connectivity index (χ1n) is 7.54. The maximum atomic E-state index is 3.40. The van der Waals surface area contributed by atoms with Crippen molar-refractivity contribution in [3.8, 4) is 0 Å². The number of benzene rings is 2. The Labute approximate surface area is 166 Å². The summed E-state index contributed by atoms with van der Waals surface area (Å²) in [7, 11) is 7.93. The molecule has 0 aliphatic heterocycles. The number of hydrogen-bond acceptors (Lipinski definition) is 4. The number of halogens is 2. The smallest absolute Gasteiger partial charge is 0.0417 e. The van der Waals surface area contributed by atoms with E-state index in [1.54, 1.807) is 0 Å². The topological polar surface area (TPSA) is 24.1 Å². The minimum Gasteiger partial charge on any atom is -0.312 e. The van der Waals surface area contributed by atoms with Crippen molar-refractivity contribution in [1.29, 1.82) is 0 Å². The molecule has 0 unspecified atom stereocenters. The zero-order valence-corrected chi connectivity index (χ0v) is 17.2. The van der Waals surface area contributed by atoms with Gasteiger partial charge in [-0.2, -0.15) is 0 Å². The van der Waals surface area contributed by atoms with Gasteiger partial charge in [0.25, 0.3) is 0 Å². The molecule has 0 fully saturated rings. The van der Waals surface area contributed by atoms with Crippen LogP contribution in [0.2, 0.25) is 0 Å². The summed E-state index contributed by atoms with van der Waals surface area (Å²) >= 11 is 0. The summed E-state index contributed by atoms with van der Waals surface area (Å²) in [5, 5.41) is 6.80. The summed E-state index contributed by atoms with van der Waals surface area (Å²) < 4.78 is 0. The lowest BCUT2D eigenvalue weighted by Crippen LogP contribution is -2.19. The van der Waals surface area contributed by atoms with Gasteiger partial charge in [-0.05, 0) is 25.2 Å². The molecular weight excluding hydrogens is 379 g/mol. The molecule has 2 nitrogen and oxygen atoms in total. The zero-order valence-electron chi connectivity index (χ0n) is 14.0. The van der Waals surface area contributed by atoms with Crippen LogP contribution in [-0.4, -0.2) is 25.6 Å². The predicted octanol–water partition coefficient (Wildman–Crippen LogP) is 5.13. The molecule has 2 rings (SSSR count). The molecule has 0 aliphatic carbocycles. The van der Waals surface area contributed by atoms with Gasteiger partial charge < -0.3 is 10.6 Å². The van der Waals surface area contributed by atoms with Crippen molar-refractivity contribution in [1.82, 2.24) is 10.6 Å². The number of rotatable bonds is 9. The summed E-state index contributed by atoms with van der Waals surface area (Å²) in [5.74, 6) is 2.13. The van der Waals surface area contributed by atoms with Gasteiger partial charge in [0.2, 0.25) is 0 Å². The summed E-state index contributed by atoms with van der Waals surface area (Å²) in [6, 6.07) is 22.1. The molecule has 0 aliphatic rings. The molecule has 134 valence electrons. The molecule has 0 bridgehead atoms. The highest BCUT2D eigenvalue weighted by Crippen LogP contribution is 2.30. The van der Waals surface area contributed by atoms with Crippen LogP contribution in [0.5, 0.6) is 0 Å². The second-order valence-electron chi connectivity index (χ2n) is 5.07. The average Bonchev–Trinajstić information content (AvgIpc) is 2.60. The lowest BCUT2D eigenvalue weighted by Gasteiger charge is -2.18. The van der Waals surface area contributed by atoms with Gasteiger partial charge in [-0.3, -0.25) is 0 Å². The first-order chi connectivity index (χ1) is 10.8. The Morgan fingerprint density at radius 1 is 0.667 bits per heavy atom. The first kappa shape index (κ1) is 23.6. The summed E-state index contributed by atoms with van der Waals surface area (Å²) in [6.45, 7) is 0. The van der Waals surface area contributed by atoms with Gasteiger partial charge in [-0.1, -0.05) is 82.3 Å². The Kier molecular flexibility index (Phi) is 13.7. The molecule has 2 aromatic rings. The Balaban J connectivity index is 0.00000264. The van der Waals surface area contributed by atoms with Gasteiger partial charge >= 0.3 is 0 Å². The molecule has 2 aromatic carbocycles. The van der Waals surface area contributed by atoms with E-state index in [-0.39, 0.29) is 24.8 Å². The quantitative estimate of drug-likeness (QED) is 0.446. The SMILES string of the molecule is CN[C@@H](CSSC[C@H](NC)c1ccccc1)c1ccccc1.Cl.Cl. The zero-order chi connectivity index (χ0) is 15.6. The van der Waals surface area contributed by atoms with Crippen molar-refractivity contribution < 1.29 is 0 Å². The highest BCUT2D eigenvalue weighted by atomic mass is 35.5. The van der Waals surface area contributed by atoms with Crippen molar-refractivity contribution in [2.45, 2.75) is 12.1 Å². The molecule has 2 atom stereocenters. The predicted molar refractivity (Wildman–Crippen MR) is 116 cm³/mol. The van der Waals surface area contributed by atoms with Crippen molar-refractivity contribution in [3.05, 3.63) is 71.8 Å². The second kappa shape index (κ2) is 13.9. The van der Waals surface area contributed by atoms with Crippen LogP contribution >= 0.6 is 46.4 Å². The fourth-order valence-corrected chi connectivity index (χ4v) is 4.87. The second-order valence-corrected chi connectivity index (χ2v) is 7.63. The van der Waals surface area contributed by atoms with E-state index in [0.717, 1.165) is 11.5 Å². The normalized spacial score (nSPS) is 12.6. The van der Waals surface area contributed by atoms with Crippen molar-refractivity contribution in [3.63, 3.8) is 0 Å². The number of hydrogen-bond donors (Lipinski definition) is 2. The van der Waals surface area contributed by atoms with E-state index in [9.17, 15) is 0 Å². The Morgan fingerprint density at radius 2 is 1.00 bits per heavy atom. The third-order valence-corrected chi connectivity index (χ3v) is 6.08.